The van der Waals surface area contributed by atoms with E-state index in [1.54, 1.807) is 6.20 Å². The van der Waals surface area contributed by atoms with Crippen molar-refractivity contribution in [2.45, 2.75) is 40.0 Å². The number of aryl methyl sites for hydroxylation is 1. The summed E-state index contributed by atoms with van der Waals surface area (Å²) in [5.41, 5.74) is 3.25. The third-order valence-corrected chi connectivity index (χ3v) is 3.17. The van der Waals surface area contributed by atoms with Gasteiger partial charge in [-0.2, -0.15) is 0 Å². The van der Waals surface area contributed by atoms with Gasteiger partial charge in [0.1, 0.15) is 11.6 Å². The Bertz CT molecular complexity index is 564. The van der Waals surface area contributed by atoms with Crippen molar-refractivity contribution in [1.82, 2.24) is 15.0 Å². The normalized spacial score (nSPS) is 10.8. The van der Waals surface area contributed by atoms with Crippen LogP contribution in [0.2, 0.25) is 0 Å². The molecule has 2 aromatic heterocycles. The molecule has 2 aromatic rings. The van der Waals surface area contributed by atoms with Crippen molar-refractivity contribution in [2.24, 2.45) is 0 Å². The number of anilines is 1. The predicted octanol–water partition coefficient (Wildman–Crippen LogP) is 3.33. The molecule has 0 atom stereocenters. The van der Waals surface area contributed by atoms with Gasteiger partial charge in [0.25, 0.3) is 0 Å². The smallest absolute Gasteiger partial charge is 0.136 e. The standard InChI is InChI=1S/C16H22N4/c1-5-17-16-15(11(2)3)12(4)19-14(20-16)10-13-8-6-7-9-18-13/h6-9,11H,5,10H2,1-4H3,(H,17,19,20). The van der Waals surface area contributed by atoms with Gasteiger partial charge in [0, 0.05) is 29.7 Å². The van der Waals surface area contributed by atoms with Gasteiger partial charge >= 0.3 is 0 Å². The van der Waals surface area contributed by atoms with Gasteiger partial charge in [-0.15, -0.1) is 0 Å². The van der Waals surface area contributed by atoms with Crippen molar-refractivity contribution in [3.05, 3.63) is 47.2 Å². The van der Waals surface area contributed by atoms with Crippen molar-refractivity contribution < 1.29 is 0 Å². The summed E-state index contributed by atoms with van der Waals surface area (Å²) in [7, 11) is 0. The largest absolute Gasteiger partial charge is 0.370 e. The quantitative estimate of drug-likeness (QED) is 0.905. The highest BCUT2D eigenvalue weighted by Crippen LogP contribution is 2.25. The summed E-state index contributed by atoms with van der Waals surface area (Å²) in [5.74, 6) is 2.19. The maximum atomic E-state index is 4.68. The van der Waals surface area contributed by atoms with Gasteiger partial charge in [0.2, 0.25) is 0 Å². The topological polar surface area (TPSA) is 50.7 Å². The second kappa shape index (κ2) is 6.46. The van der Waals surface area contributed by atoms with E-state index >= 15 is 0 Å². The first-order chi connectivity index (χ1) is 9.61. The summed E-state index contributed by atoms with van der Waals surface area (Å²) < 4.78 is 0. The minimum absolute atomic E-state index is 0.410. The number of hydrogen-bond donors (Lipinski definition) is 1. The highest BCUT2D eigenvalue weighted by Gasteiger charge is 2.14. The van der Waals surface area contributed by atoms with Gasteiger partial charge in [-0.1, -0.05) is 19.9 Å². The minimum Gasteiger partial charge on any atom is -0.370 e. The molecule has 0 saturated carbocycles. The zero-order valence-electron chi connectivity index (χ0n) is 12.6. The molecule has 0 aliphatic heterocycles. The molecular weight excluding hydrogens is 248 g/mol. The third kappa shape index (κ3) is 3.32. The lowest BCUT2D eigenvalue weighted by Gasteiger charge is -2.16. The molecule has 0 unspecified atom stereocenters. The molecule has 4 heteroatoms. The van der Waals surface area contributed by atoms with Crippen LogP contribution >= 0.6 is 0 Å². The monoisotopic (exact) mass is 270 g/mol. The fourth-order valence-corrected chi connectivity index (χ4v) is 2.38. The first-order valence-corrected chi connectivity index (χ1v) is 7.13. The van der Waals surface area contributed by atoms with Gasteiger partial charge in [-0.25, -0.2) is 9.97 Å². The summed E-state index contributed by atoms with van der Waals surface area (Å²) in [6.45, 7) is 9.34. The molecule has 0 fully saturated rings. The molecule has 20 heavy (non-hydrogen) atoms. The lowest BCUT2D eigenvalue weighted by Crippen LogP contribution is -2.11. The van der Waals surface area contributed by atoms with Gasteiger partial charge in [-0.3, -0.25) is 4.98 Å². The molecule has 0 aromatic carbocycles. The van der Waals surface area contributed by atoms with Crippen LogP contribution < -0.4 is 5.32 Å². The molecule has 106 valence electrons. The number of nitrogens with one attached hydrogen (secondary N) is 1. The van der Waals surface area contributed by atoms with Gasteiger partial charge in [0.05, 0.1) is 6.42 Å². The molecule has 0 saturated heterocycles. The lowest BCUT2D eigenvalue weighted by molar-refractivity contribution is 0.808. The summed E-state index contributed by atoms with van der Waals surface area (Å²) in [6, 6.07) is 5.91. The van der Waals surface area contributed by atoms with E-state index in [-0.39, 0.29) is 0 Å². The van der Waals surface area contributed by atoms with Crippen LogP contribution in [0.4, 0.5) is 5.82 Å². The first-order valence-electron chi connectivity index (χ1n) is 7.13. The van der Waals surface area contributed by atoms with Crippen molar-refractivity contribution in [1.29, 1.82) is 0 Å². The van der Waals surface area contributed by atoms with Crippen LogP contribution in [0.25, 0.3) is 0 Å². The van der Waals surface area contributed by atoms with Crippen LogP contribution in [0.3, 0.4) is 0 Å². The summed E-state index contributed by atoms with van der Waals surface area (Å²) >= 11 is 0. The molecule has 0 spiro atoms. The Kier molecular flexibility index (Phi) is 4.66. The van der Waals surface area contributed by atoms with E-state index < -0.39 is 0 Å². The highest BCUT2D eigenvalue weighted by atomic mass is 15.0. The zero-order chi connectivity index (χ0) is 14.5. The van der Waals surface area contributed by atoms with E-state index in [0.717, 1.165) is 29.6 Å². The molecule has 0 amide bonds. The molecule has 0 aliphatic rings. The molecule has 2 rings (SSSR count). The van der Waals surface area contributed by atoms with E-state index in [0.29, 0.717) is 12.3 Å². The van der Waals surface area contributed by atoms with Crippen LogP contribution in [0, 0.1) is 6.92 Å². The van der Waals surface area contributed by atoms with E-state index in [1.165, 1.54) is 5.56 Å². The average Bonchev–Trinajstić information content (AvgIpc) is 2.39. The lowest BCUT2D eigenvalue weighted by atomic mass is 10.0. The summed E-state index contributed by atoms with van der Waals surface area (Å²) in [4.78, 5) is 13.7. The molecule has 1 N–H and O–H groups in total. The van der Waals surface area contributed by atoms with E-state index in [9.17, 15) is 0 Å². The number of aromatic nitrogens is 3. The van der Waals surface area contributed by atoms with Crippen LogP contribution in [0.15, 0.2) is 24.4 Å². The van der Waals surface area contributed by atoms with Crippen LogP contribution in [-0.2, 0) is 6.42 Å². The van der Waals surface area contributed by atoms with Crippen molar-refractivity contribution in [2.75, 3.05) is 11.9 Å². The van der Waals surface area contributed by atoms with E-state index in [1.807, 2.05) is 18.2 Å². The molecule has 0 aliphatic carbocycles. The summed E-state index contributed by atoms with van der Waals surface area (Å²) in [5, 5.41) is 3.35. The Morgan fingerprint density at radius 1 is 1.20 bits per heavy atom. The number of hydrogen-bond acceptors (Lipinski definition) is 4. The number of nitrogens with zero attached hydrogens (tertiary/aromatic N) is 3. The Morgan fingerprint density at radius 2 is 2.00 bits per heavy atom. The van der Waals surface area contributed by atoms with Crippen LogP contribution in [0.5, 0.6) is 0 Å². The fraction of sp³-hybridized carbons (Fsp3) is 0.438. The maximum absolute atomic E-state index is 4.68. The van der Waals surface area contributed by atoms with Crippen molar-refractivity contribution >= 4 is 5.82 Å². The SMILES string of the molecule is CCNc1nc(Cc2ccccn2)nc(C)c1C(C)C. The Hall–Kier alpha value is -1.97. The molecular formula is C16H22N4. The van der Waals surface area contributed by atoms with Crippen LogP contribution in [-0.4, -0.2) is 21.5 Å². The van der Waals surface area contributed by atoms with Crippen LogP contribution in [0.1, 0.15) is 49.5 Å². The Balaban J connectivity index is 2.36. The maximum Gasteiger partial charge on any atom is 0.136 e. The first kappa shape index (κ1) is 14.4. The Morgan fingerprint density at radius 3 is 2.60 bits per heavy atom. The Labute approximate surface area is 120 Å². The second-order valence-electron chi connectivity index (χ2n) is 5.17. The molecule has 0 bridgehead atoms. The van der Waals surface area contributed by atoms with Crippen molar-refractivity contribution in [3.8, 4) is 0 Å². The van der Waals surface area contributed by atoms with Gasteiger partial charge in [-0.05, 0) is 31.9 Å². The minimum atomic E-state index is 0.410. The molecule has 4 nitrogen and oxygen atoms in total. The average molecular weight is 270 g/mol. The molecule has 2 heterocycles. The zero-order valence-corrected chi connectivity index (χ0v) is 12.6. The third-order valence-electron chi connectivity index (χ3n) is 3.17. The van der Waals surface area contributed by atoms with Gasteiger partial charge in [0.15, 0.2) is 0 Å². The second-order valence-corrected chi connectivity index (χ2v) is 5.17. The molecule has 0 radical (unpaired) electrons. The van der Waals surface area contributed by atoms with E-state index in [4.69, 9.17) is 0 Å². The number of rotatable bonds is 5. The highest BCUT2D eigenvalue weighted by molar-refractivity contribution is 5.48. The summed E-state index contributed by atoms with van der Waals surface area (Å²) in [6.07, 6.45) is 2.47. The predicted molar refractivity (Wildman–Crippen MR) is 82.1 cm³/mol. The van der Waals surface area contributed by atoms with E-state index in [2.05, 4.69) is 48.0 Å². The fourth-order valence-electron chi connectivity index (χ4n) is 2.38. The van der Waals surface area contributed by atoms with Gasteiger partial charge < -0.3 is 5.32 Å². The number of pyridine rings is 1. The van der Waals surface area contributed by atoms with Crippen molar-refractivity contribution in [3.63, 3.8) is 0 Å².